The van der Waals surface area contributed by atoms with E-state index in [2.05, 4.69) is 34.6 Å². The highest BCUT2D eigenvalue weighted by molar-refractivity contribution is 5.82. The lowest BCUT2D eigenvalue weighted by Crippen LogP contribution is -2.50. The second-order valence-electron chi connectivity index (χ2n) is 12.1. The number of carbonyl (C=O) groups is 1. The van der Waals surface area contributed by atoms with E-state index in [4.69, 9.17) is 0 Å². The molecule has 1 unspecified atom stereocenters. The van der Waals surface area contributed by atoms with Crippen molar-refractivity contribution in [3.8, 4) is 0 Å². The van der Waals surface area contributed by atoms with Crippen molar-refractivity contribution in [2.24, 2.45) is 52.3 Å². The molecule has 4 fully saturated rings. The van der Waals surface area contributed by atoms with E-state index < -0.39 is 0 Å². The van der Waals surface area contributed by atoms with Crippen molar-refractivity contribution in [2.75, 3.05) is 0 Å². The minimum absolute atomic E-state index is 0.350. The first-order chi connectivity index (χ1) is 12.8. The fourth-order valence-corrected chi connectivity index (χ4v) is 8.94. The van der Waals surface area contributed by atoms with E-state index in [9.17, 15) is 4.79 Å². The highest BCUT2D eigenvalue weighted by Crippen LogP contribution is 2.68. The third kappa shape index (κ3) is 3.24. The van der Waals surface area contributed by atoms with Crippen LogP contribution in [0.5, 0.6) is 0 Å². The molecule has 1 heteroatoms. The third-order valence-corrected chi connectivity index (χ3v) is 10.3. The maximum atomic E-state index is 12.3. The minimum atomic E-state index is 0.350. The first-order valence-corrected chi connectivity index (χ1v) is 12.3. The molecule has 154 valence electrons. The van der Waals surface area contributed by atoms with Crippen molar-refractivity contribution >= 4 is 5.78 Å². The topological polar surface area (TPSA) is 17.1 Å². The Morgan fingerprint density at radius 2 is 1.67 bits per heavy atom. The summed E-state index contributed by atoms with van der Waals surface area (Å²) >= 11 is 0. The molecule has 0 aromatic heterocycles. The average Bonchev–Trinajstić information content (AvgIpc) is 3.09. The molecule has 0 radical (unpaired) electrons. The van der Waals surface area contributed by atoms with Crippen LogP contribution in [0.1, 0.15) is 105 Å². The summed E-state index contributed by atoms with van der Waals surface area (Å²) < 4.78 is 0. The van der Waals surface area contributed by atoms with Gasteiger partial charge in [0, 0.05) is 12.8 Å². The van der Waals surface area contributed by atoms with Gasteiger partial charge in [-0.05, 0) is 90.8 Å². The summed E-state index contributed by atoms with van der Waals surface area (Å²) in [6.45, 7) is 12.5. The van der Waals surface area contributed by atoms with Gasteiger partial charge in [-0.2, -0.15) is 0 Å². The normalized spacial score (nSPS) is 47.6. The molecule has 0 bridgehead atoms. The van der Waals surface area contributed by atoms with Gasteiger partial charge in [0.2, 0.25) is 0 Å². The lowest BCUT2D eigenvalue weighted by molar-refractivity contribution is -0.119. The van der Waals surface area contributed by atoms with Crippen LogP contribution in [0.15, 0.2) is 0 Å². The van der Waals surface area contributed by atoms with Crippen LogP contribution in [0, 0.1) is 52.3 Å². The van der Waals surface area contributed by atoms with Crippen LogP contribution in [-0.4, -0.2) is 5.78 Å². The van der Waals surface area contributed by atoms with Gasteiger partial charge in [0.05, 0.1) is 0 Å². The Kier molecular flexibility index (Phi) is 5.30. The van der Waals surface area contributed by atoms with E-state index in [-0.39, 0.29) is 0 Å². The molecule has 4 aliphatic rings. The van der Waals surface area contributed by atoms with Gasteiger partial charge in [-0.1, -0.05) is 53.9 Å². The molecule has 0 amide bonds. The first kappa shape index (κ1) is 20.0. The molecule has 0 spiro atoms. The van der Waals surface area contributed by atoms with Gasteiger partial charge in [0.25, 0.3) is 0 Å². The SMILES string of the molecule is CC(C)CCC[C@@H](C)C1CC[C@H]2[C@@H]3CC[C@H]4CC(=O)C[C@]4(C)[C@H]3CC[C@]12C. The van der Waals surface area contributed by atoms with Crippen molar-refractivity contribution in [3.63, 3.8) is 0 Å². The van der Waals surface area contributed by atoms with E-state index >= 15 is 0 Å². The molecule has 0 saturated heterocycles. The summed E-state index contributed by atoms with van der Waals surface area (Å²) in [6.07, 6.45) is 14.6. The molecule has 4 aliphatic carbocycles. The van der Waals surface area contributed by atoms with Crippen LogP contribution < -0.4 is 0 Å². The van der Waals surface area contributed by atoms with Gasteiger partial charge in [-0.3, -0.25) is 4.79 Å². The zero-order valence-corrected chi connectivity index (χ0v) is 18.7. The number of Topliss-reactive ketones (excluding diaryl/α,β-unsaturated/α-hetero) is 1. The molecule has 4 rings (SSSR count). The standard InChI is InChI=1S/C26H44O/c1-17(2)7-6-8-18(3)22-11-12-23-21-10-9-19-15-20(27)16-26(19,5)24(21)13-14-25(22,23)4/h17-19,21-24H,6-16H2,1-5H3/t18-,19+,21+,22?,23+,24+,25-,26+/m1/s1. The lowest BCUT2D eigenvalue weighted by atomic mass is 9.47. The number of carbonyl (C=O) groups excluding carboxylic acids is 1. The summed E-state index contributed by atoms with van der Waals surface area (Å²) in [4.78, 5) is 12.3. The maximum absolute atomic E-state index is 12.3. The molecule has 1 nitrogen and oxygen atoms in total. The van der Waals surface area contributed by atoms with Crippen LogP contribution in [-0.2, 0) is 4.79 Å². The van der Waals surface area contributed by atoms with Gasteiger partial charge in [0.1, 0.15) is 5.78 Å². The quantitative estimate of drug-likeness (QED) is 0.495. The molecule has 0 heterocycles. The smallest absolute Gasteiger partial charge is 0.133 e. The number of rotatable bonds is 5. The van der Waals surface area contributed by atoms with Gasteiger partial charge < -0.3 is 0 Å². The fourth-order valence-electron chi connectivity index (χ4n) is 8.94. The fraction of sp³-hybridized carbons (Fsp3) is 0.962. The summed E-state index contributed by atoms with van der Waals surface area (Å²) in [7, 11) is 0. The van der Waals surface area contributed by atoms with Crippen LogP contribution in [0.3, 0.4) is 0 Å². The highest BCUT2D eigenvalue weighted by atomic mass is 16.1. The molecular formula is C26H44O. The average molecular weight is 373 g/mol. The van der Waals surface area contributed by atoms with E-state index in [1.807, 2.05) is 0 Å². The molecule has 0 aromatic carbocycles. The van der Waals surface area contributed by atoms with Crippen molar-refractivity contribution in [1.82, 2.24) is 0 Å². The number of hydrogen-bond acceptors (Lipinski definition) is 1. The summed E-state index contributed by atoms with van der Waals surface area (Å²) in [5.41, 5.74) is 0.937. The minimum Gasteiger partial charge on any atom is -0.300 e. The third-order valence-electron chi connectivity index (χ3n) is 10.3. The molecule has 0 aliphatic heterocycles. The number of ketones is 1. The van der Waals surface area contributed by atoms with Crippen LogP contribution in [0.2, 0.25) is 0 Å². The predicted octanol–water partition coefficient (Wildman–Crippen LogP) is 7.29. The Labute approximate surface area is 168 Å². The largest absolute Gasteiger partial charge is 0.300 e. The Morgan fingerprint density at radius 3 is 2.41 bits per heavy atom. The molecular weight excluding hydrogens is 328 g/mol. The summed E-state index contributed by atoms with van der Waals surface area (Å²) in [6, 6.07) is 0. The summed E-state index contributed by atoms with van der Waals surface area (Å²) in [5.74, 6) is 6.69. The highest BCUT2D eigenvalue weighted by Gasteiger charge is 2.61. The molecule has 8 atom stereocenters. The van der Waals surface area contributed by atoms with E-state index in [0.717, 1.165) is 48.3 Å². The second-order valence-corrected chi connectivity index (χ2v) is 12.1. The van der Waals surface area contributed by atoms with E-state index in [1.165, 1.54) is 57.8 Å². The van der Waals surface area contributed by atoms with Gasteiger partial charge >= 0.3 is 0 Å². The number of hydrogen-bond donors (Lipinski definition) is 0. The van der Waals surface area contributed by atoms with Crippen molar-refractivity contribution in [1.29, 1.82) is 0 Å². The predicted molar refractivity (Wildman–Crippen MR) is 113 cm³/mol. The van der Waals surface area contributed by atoms with Crippen LogP contribution in [0.4, 0.5) is 0 Å². The Bertz CT molecular complexity index is 565. The maximum Gasteiger partial charge on any atom is 0.133 e. The molecule has 27 heavy (non-hydrogen) atoms. The van der Waals surface area contributed by atoms with Gasteiger partial charge in [0.15, 0.2) is 0 Å². The zero-order valence-electron chi connectivity index (χ0n) is 18.7. The van der Waals surface area contributed by atoms with Gasteiger partial charge in [-0.25, -0.2) is 0 Å². The molecule has 0 N–H and O–H groups in total. The van der Waals surface area contributed by atoms with Gasteiger partial charge in [-0.15, -0.1) is 0 Å². The number of fused-ring (bicyclic) bond motifs is 5. The molecule has 0 aromatic rings. The summed E-state index contributed by atoms with van der Waals surface area (Å²) in [5, 5.41) is 0. The van der Waals surface area contributed by atoms with Crippen molar-refractivity contribution in [3.05, 3.63) is 0 Å². The Balaban J connectivity index is 1.47. The lowest BCUT2D eigenvalue weighted by Gasteiger charge is -2.58. The Hall–Kier alpha value is -0.330. The van der Waals surface area contributed by atoms with Crippen molar-refractivity contribution < 1.29 is 4.79 Å². The second kappa shape index (κ2) is 7.17. The molecule has 4 saturated carbocycles. The van der Waals surface area contributed by atoms with E-state index in [1.54, 1.807) is 0 Å². The first-order valence-electron chi connectivity index (χ1n) is 12.3. The monoisotopic (exact) mass is 372 g/mol. The van der Waals surface area contributed by atoms with Crippen LogP contribution >= 0.6 is 0 Å². The zero-order chi connectivity index (χ0) is 19.4. The van der Waals surface area contributed by atoms with Crippen LogP contribution in [0.25, 0.3) is 0 Å². The van der Waals surface area contributed by atoms with E-state index in [0.29, 0.717) is 22.5 Å². The van der Waals surface area contributed by atoms with Crippen molar-refractivity contribution in [2.45, 2.75) is 105 Å². The Morgan fingerprint density at radius 1 is 0.926 bits per heavy atom.